The quantitative estimate of drug-likeness (QED) is 0.396. The van der Waals surface area contributed by atoms with Crippen LogP contribution in [-0.2, 0) is 4.79 Å². The van der Waals surface area contributed by atoms with E-state index in [1.807, 2.05) is 0 Å². The summed E-state index contributed by atoms with van der Waals surface area (Å²) in [6, 6.07) is 7.20. The molecule has 1 saturated heterocycles. The SMILES string of the molecule is COc1cc(/C=C2\SC(=S)N(NC(=O)Nc3ccc(Cl)c(Cl)c3)C2=O)cc(Cl)c1OC. The molecule has 2 aromatic carbocycles. The molecule has 0 aliphatic carbocycles. The summed E-state index contributed by atoms with van der Waals surface area (Å²) in [7, 11) is 2.96. The molecule has 2 aromatic rings. The fraction of sp³-hybridized carbons (Fsp3) is 0.105. The molecule has 0 bridgehead atoms. The number of thioether (sulfide) groups is 1. The molecule has 7 nitrogen and oxygen atoms in total. The number of nitrogens with zero attached hydrogens (tertiary/aromatic N) is 1. The van der Waals surface area contributed by atoms with E-state index in [-0.39, 0.29) is 9.34 Å². The van der Waals surface area contributed by atoms with Gasteiger partial charge in [-0.2, -0.15) is 5.01 Å². The first-order valence-corrected chi connectivity index (χ1v) is 10.8. The van der Waals surface area contributed by atoms with E-state index in [1.165, 1.54) is 26.4 Å². The predicted octanol–water partition coefficient (Wildman–Crippen LogP) is 5.60. The summed E-state index contributed by atoms with van der Waals surface area (Å²) in [5.74, 6) is 0.301. The Morgan fingerprint density at radius 1 is 1.10 bits per heavy atom. The lowest BCUT2D eigenvalue weighted by molar-refractivity contribution is -0.123. The monoisotopic (exact) mass is 517 g/mol. The van der Waals surface area contributed by atoms with Crippen LogP contribution in [0.1, 0.15) is 5.56 Å². The molecule has 3 amide bonds. The molecule has 31 heavy (non-hydrogen) atoms. The van der Waals surface area contributed by atoms with Crippen molar-refractivity contribution in [1.82, 2.24) is 10.4 Å². The molecule has 0 aromatic heterocycles. The van der Waals surface area contributed by atoms with Crippen molar-refractivity contribution in [3.63, 3.8) is 0 Å². The Kier molecular flexibility index (Phi) is 7.55. The van der Waals surface area contributed by atoms with E-state index in [1.54, 1.807) is 24.3 Å². The number of hydrazine groups is 1. The Hall–Kier alpha value is -2.17. The maximum atomic E-state index is 12.7. The van der Waals surface area contributed by atoms with Crippen molar-refractivity contribution in [3.8, 4) is 11.5 Å². The fourth-order valence-electron chi connectivity index (χ4n) is 2.57. The number of benzene rings is 2. The average molecular weight is 519 g/mol. The van der Waals surface area contributed by atoms with Crippen molar-refractivity contribution in [2.75, 3.05) is 19.5 Å². The second kappa shape index (κ2) is 9.97. The van der Waals surface area contributed by atoms with Crippen molar-refractivity contribution in [3.05, 3.63) is 55.9 Å². The number of thiocarbonyl (C=S) groups is 1. The summed E-state index contributed by atoms with van der Waals surface area (Å²) in [6.45, 7) is 0. The maximum absolute atomic E-state index is 12.7. The third-order valence-electron chi connectivity index (χ3n) is 3.94. The molecule has 0 saturated carbocycles. The van der Waals surface area contributed by atoms with Crippen LogP contribution in [0.2, 0.25) is 15.1 Å². The van der Waals surface area contributed by atoms with Gasteiger partial charge in [0.25, 0.3) is 5.91 Å². The molecule has 2 N–H and O–H groups in total. The molecular formula is C19H14Cl3N3O4S2. The minimum atomic E-state index is -0.676. The Balaban J connectivity index is 1.75. The zero-order valence-electron chi connectivity index (χ0n) is 16.0. The molecule has 0 atom stereocenters. The molecule has 0 radical (unpaired) electrons. The molecule has 3 rings (SSSR count). The summed E-state index contributed by atoms with van der Waals surface area (Å²) >= 11 is 24.3. The van der Waals surface area contributed by atoms with Crippen LogP contribution in [-0.4, -0.2) is 35.5 Å². The van der Waals surface area contributed by atoms with Crippen LogP contribution in [0.5, 0.6) is 11.5 Å². The highest BCUT2D eigenvalue weighted by Crippen LogP contribution is 2.38. The molecule has 12 heteroatoms. The van der Waals surface area contributed by atoms with Gasteiger partial charge in [-0.15, -0.1) is 0 Å². The summed E-state index contributed by atoms with van der Waals surface area (Å²) in [5.41, 5.74) is 3.41. The van der Waals surface area contributed by atoms with Gasteiger partial charge in [0.1, 0.15) is 0 Å². The molecule has 1 aliphatic rings. The van der Waals surface area contributed by atoms with Crippen molar-refractivity contribution in [2.24, 2.45) is 0 Å². The zero-order chi connectivity index (χ0) is 22.7. The van der Waals surface area contributed by atoms with Crippen LogP contribution >= 0.6 is 58.8 Å². The van der Waals surface area contributed by atoms with Gasteiger partial charge in [-0.1, -0.05) is 46.6 Å². The molecule has 1 fully saturated rings. The highest BCUT2D eigenvalue weighted by atomic mass is 35.5. The van der Waals surface area contributed by atoms with Crippen LogP contribution in [0.25, 0.3) is 6.08 Å². The number of hydrogen-bond acceptors (Lipinski definition) is 6. The Morgan fingerprint density at radius 3 is 2.48 bits per heavy atom. The summed E-state index contributed by atoms with van der Waals surface area (Å²) in [5, 5.41) is 4.48. The summed E-state index contributed by atoms with van der Waals surface area (Å²) in [4.78, 5) is 25.3. The fourth-order valence-corrected chi connectivity index (χ4v) is 4.34. The van der Waals surface area contributed by atoms with E-state index in [0.29, 0.717) is 37.7 Å². The van der Waals surface area contributed by atoms with E-state index in [2.05, 4.69) is 10.7 Å². The van der Waals surface area contributed by atoms with E-state index in [0.717, 1.165) is 16.8 Å². The minimum Gasteiger partial charge on any atom is -0.493 e. The van der Waals surface area contributed by atoms with Gasteiger partial charge in [0, 0.05) is 5.69 Å². The number of carbonyl (C=O) groups excluding carboxylic acids is 2. The van der Waals surface area contributed by atoms with Crippen molar-refractivity contribution in [1.29, 1.82) is 0 Å². The number of rotatable bonds is 5. The van der Waals surface area contributed by atoms with Crippen molar-refractivity contribution in [2.45, 2.75) is 0 Å². The van der Waals surface area contributed by atoms with Crippen molar-refractivity contribution < 1.29 is 19.1 Å². The zero-order valence-corrected chi connectivity index (χ0v) is 19.9. The molecular weight excluding hydrogens is 505 g/mol. The van der Waals surface area contributed by atoms with Crippen LogP contribution in [0.4, 0.5) is 10.5 Å². The van der Waals surface area contributed by atoms with E-state index in [4.69, 9.17) is 56.5 Å². The lowest BCUT2D eigenvalue weighted by Crippen LogP contribution is -2.46. The second-order valence-corrected chi connectivity index (χ2v) is 8.85. The number of urea groups is 1. The van der Waals surface area contributed by atoms with Gasteiger partial charge < -0.3 is 14.8 Å². The Morgan fingerprint density at radius 2 is 1.84 bits per heavy atom. The Bertz CT molecular complexity index is 1110. The van der Waals surface area contributed by atoms with Crippen LogP contribution in [0.3, 0.4) is 0 Å². The molecule has 0 spiro atoms. The van der Waals surface area contributed by atoms with Crippen molar-refractivity contribution >= 4 is 86.8 Å². The molecule has 1 heterocycles. The molecule has 0 unspecified atom stereocenters. The number of nitrogens with one attached hydrogen (secondary N) is 2. The first-order valence-electron chi connectivity index (χ1n) is 8.45. The van der Waals surface area contributed by atoms with Crippen LogP contribution < -0.4 is 20.2 Å². The van der Waals surface area contributed by atoms with E-state index < -0.39 is 11.9 Å². The van der Waals surface area contributed by atoms with Crippen LogP contribution in [0, 0.1) is 0 Å². The lowest BCUT2D eigenvalue weighted by atomic mass is 10.2. The third kappa shape index (κ3) is 5.36. The Labute approximate surface area is 202 Å². The second-order valence-electron chi connectivity index (χ2n) is 5.95. The lowest BCUT2D eigenvalue weighted by Gasteiger charge is -2.16. The summed E-state index contributed by atoms with van der Waals surface area (Å²) < 4.78 is 10.6. The molecule has 1 aliphatic heterocycles. The average Bonchev–Trinajstić information content (AvgIpc) is 2.97. The van der Waals surface area contributed by atoms with Gasteiger partial charge in [0.15, 0.2) is 15.8 Å². The number of anilines is 1. The number of amides is 3. The minimum absolute atomic E-state index is 0.159. The van der Waals surface area contributed by atoms with E-state index >= 15 is 0 Å². The standard InChI is InChI=1S/C19H14Cl3N3O4S2/c1-28-14-6-9(5-13(22)16(14)29-2)7-15-17(26)25(19(30)31-15)24-18(27)23-10-3-4-11(20)12(21)8-10/h3-8H,1-2H3,(H2,23,24,27)/b15-7-. The third-order valence-corrected chi connectivity index (χ3v) is 6.26. The summed E-state index contributed by atoms with van der Waals surface area (Å²) in [6.07, 6.45) is 1.59. The smallest absolute Gasteiger partial charge is 0.338 e. The highest BCUT2D eigenvalue weighted by molar-refractivity contribution is 8.26. The highest BCUT2D eigenvalue weighted by Gasteiger charge is 2.33. The number of halogens is 3. The normalized spacial score (nSPS) is 14.7. The number of methoxy groups -OCH3 is 2. The van der Waals surface area contributed by atoms with Crippen LogP contribution in [0.15, 0.2) is 35.2 Å². The molecule has 162 valence electrons. The van der Waals surface area contributed by atoms with Gasteiger partial charge in [-0.3, -0.25) is 4.79 Å². The topological polar surface area (TPSA) is 79.9 Å². The maximum Gasteiger partial charge on any atom is 0.338 e. The first-order chi connectivity index (χ1) is 14.7. The van der Waals surface area contributed by atoms with Gasteiger partial charge in [0.2, 0.25) is 0 Å². The predicted molar refractivity (Wildman–Crippen MR) is 128 cm³/mol. The van der Waals surface area contributed by atoms with Gasteiger partial charge in [-0.05, 0) is 54.2 Å². The first kappa shape index (κ1) is 23.5. The van der Waals surface area contributed by atoms with Gasteiger partial charge >= 0.3 is 6.03 Å². The van der Waals surface area contributed by atoms with E-state index in [9.17, 15) is 9.59 Å². The number of ether oxygens (including phenoxy) is 2. The largest absolute Gasteiger partial charge is 0.493 e. The number of hydrogen-bond donors (Lipinski definition) is 2. The number of carbonyl (C=O) groups is 2. The van der Waals surface area contributed by atoms with Gasteiger partial charge in [0.05, 0.1) is 34.2 Å². The van der Waals surface area contributed by atoms with Gasteiger partial charge in [-0.25, -0.2) is 10.2 Å².